The number of likely N-dealkylation sites (tertiary alicyclic amines) is 1. The van der Waals surface area contributed by atoms with Gasteiger partial charge < -0.3 is 15.2 Å². The van der Waals surface area contributed by atoms with Crippen LogP contribution in [0.25, 0.3) is 0 Å². The number of nitrogens with zero attached hydrogens (tertiary/aromatic N) is 1. The van der Waals surface area contributed by atoms with E-state index in [4.69, 9.17) is 4.74 Å². The van der Waals surface area contributed by atoms with E-state index in [1.54, 1.807) is 0 Å². The summed E-state index contributed by atoms with van der Waals surface area (Å²) in [6.07, 6.45) is 0.165. The second kappa shape index (κ2) is 6.67. The average molecular weight is 306 g/mol. The zero-order valence-electron chi connectivity index (χ0n) is 13.6. The van der Waals surface area contributed by atoms with Gasteiger partial charge in [0.1, 0.15) is 5.60 Å². The molecule has 1 aliphatic rings. The number of benzene rings is 1. The Morgan fingerprint density at radius 2 is 2.05 bits per heavy atom. The highest BCUT2D eigenvalue weighted by molar-refractivity contribution is 5.67. The smallest absolute Gasteiger partial charge is 0.407 e. The first-order valence-corrected chi connectivity index (χ1v) is 7.71. The van der Waals surface area contributed by atoms with E-state index >= 15 is 0 Å². The van der Waals surface area contributed by atoms with Crippen LogP contribution in [0.15, 0.2) is 30.3 Å². The van der Waals surface area contributed by atoms with E-state index in [0.29, 0.717) is 13.0 Å². The van der Waals surface area contributed by atoms with Crippen LogP contribution in [0.5, 0.6) is 0 Å². The number of alkyl carbamates (subject to hydrolysis) is 1. The number of hydrogen-bond acceptors (Lipinski definition) is 4. The minimum absolute atomic E-state index is 0.215. The SMILES string of the molecule is CC(C)(C)OC(=O)NC[C@@]1(O)CCN(Cc2ccccc2)C1. The largest absolute Gasteiger partial charge is 0.444 e. The number of aliphatic hydroxyl groups is 1. The second-order valence-corrected chi connectivity index (χ2v) is 7.03. The Hall–Kier alpha value is -1.59. The van der Waals surface area contributed by atoms with Crippen LogP contribution in [0.1, 0.15) is 32.8 Å². The van der Waals surface area contributed by atoms with Gasteiger partial charge in [-0.2, -0.15) is 0 Å². The quantitative estimate of drug-likeness (QED) is 0.895. The van der Waals surface area contributed by atoms with Crippen LogP contribution in [-0.2, 0) is 11.3 Å². The molecule has 0 aromatic heterocycles. The topological polar surface area (TPSA) is 61.8 Å². The molecular weight excluding hydrogens is 280 g/mol. The number of β-amino-alcohol motifs (C(OH)–C–C–N with tert-alkyl or cyclic N) is 1. The fourth-order valence-corrected chi connectivity index (χ4v) is 2.61. The van der Waals surface area contributed by atoms with E-state index in [0.717, 1.165) is 13.1 Å². The molecule has 1 aromatic rings. The van der Waals surface area contributed by atoms with Gasteiger partial charge in [-0.25, -0.2) is 4.79 Å². The van der Waals surface area contributed by atoms with Gasteiger partial charge in [0.05, 0.1) is 12.1 Å². The summed E-state index contributed by atoms with van der Waals surface area (Å²) in [5, 5.41) is 13.2. The van der Waals surface area contributed by atoms with Crippen molar-refractivity contribution < 1.29 is 14.6 Å². The summed E-state index contributed by atoms with van der Waals surface area (Å²) >= 11 is 0. The number of carbonyl (C=O) groups excluding carboxylic acids is 1. The minimum atomic E-state index is -0.883. The molecule has 0 aliphatic carbocycles. The van der Waals surface area contributed by atoms with Gasteiger partial charge in [-0.1, -0.05) is 30.3 Å². The molecule has 0 saturated carbocycles. The summed E-state index contributed by atoms with van der Waals surface area (Å²) in [5.41, 5.74) is -0.181. The van der Waals surface area contributed by atoms with Gasteiger partial charge in [0, 0.05) is 19.6 Å². The first kappa shape index (κ1) is 16.8. The number of carbonyl (C=O) groups is 1. The van der Waals surface area contributed by atoms with Crippen molar-refractivity contribution in [3.63, 3.8) is 0 Å². The molecule has 1 atom stereocenters. The maximum absolute atomic E-state index is 11.7. The highest BCUT2D eigenvalue weighted by Gasteiger charge is 2.36. The second-order valence-electron chi connectivity index (χ2n) is 7.03. The summed E-state index contributed by atoms with van der Waals surface area (Å²) in [7, 11) is 0. The van der Waals surface area contributed by atoms with E-state index < -0.39 is 17.3 Å². The number of amides is 1. The van der Waals surface area contributed by atoms with Crippen LogP contribution in [0.3, 0.4) is 0 Å². The molecule has 0 spiro atoms. The summed E-state index contributed by atoms with van der Waals surface area (Å²) in [6, 6.07) is 10.2. The molecule has 5 nitrogen and oxygen atoms in total. The first-order chi connectivity index (χ1) is 10.3. The molecule has 1 aliphatic heterocycles. The van der Waals surface area contributed by atoms with Gasteiger partial charge in [-0.3, -0.25) is 4.90 Å². The Labute approximate surface area is 132 Å². The lowest BCUT2D eigenvalue weighted by Gasteiger charge is -2.25. The maximum atomic E-state index is 11.7. The Bertz CT molecular complexity index is 498. The minimum Gasteiger partial charge on any atom is -0.444 e. The molecule has 1 amide bonds. The van der Waals surface area contributed by atoms with Crippen LogP contribution < -0.4 is 5.32 Å². The van der Waals surface area contributed by atoms with E-state index in [9.17, 15) is 9.90 Å². The average Bonchev–Trinajstić information content (AvgIpc) is 2.78. The van der Waals surface area contributed by atoms with Crippen LogP contribution >= 0.6 is 0 Å². The van der Waals surface area contributed by atoms with Gasteiger partial charge in [-0.05, 0) is 32.8 Å². The van der Waals surface area contributed by atoms with Crippen LogP contribution in [0.2, 0.25) is 0 Å². The van der Waals surface area contributed by atoms with Crippen LogP contribution in [-0.4, -0.2) is 46.9 Å². The molecule has 5 heteroatoms. The van der Waals surface area contributed by atoms with Crippen molar-refractivity contribution in [2.75, 3.05) is 19.6 Å². The highest BCUT2D eigenvalue weighted by Crippen LogP contribution is 2.22. The Morgan fingerprint density at radius 1 is 1.36 bits per heavy atom. The van der Waals surface area contributed by atoms with Crippen molar-refractivity contribution in [3.8, 4) is 0 Å². The summed E-state index contributed by atoms with van der Waals surface area (Å²) < 4.78 is 5.19. The van der Waals surface area contributed by atoms with E-state index in [2.05, 4.69) is 22.3 Å². The fourth-order valence-electron chi connectivity index (χ4n) is 2.61. The molecule has 1 heterocycles. The van der Waals surface area contributed by atoms with Crippen molar-refractivity contribution in [1.29, 1.82) is 0 Å². The van der Waals surface area contributed by atoms with Crippen molar-refractivity contribution in [2.24, 2.45) is 0 Å². The molecular formula is C17H26N2O3. The summed E-state index contributed by atoms with van der Waals surface area (Å²) in [4.78, 5) is 13.9. The normalized spacial score (nSPS) is 22.5. The monoisotopic (exact) mass is 306 g/mol. The van der Waals surface area contributed by atoms with Crippen molar-refractivity contribution in [1.82, 2.24) is 10.2 Å². The van der Waals surface area contributed by atoms with Crippen molar-refractivity contribution in [2.45, 2.75) is 44.9 Å². The first-order valence-electron chi connectivity index (χ1n) is 7.71. The van der Waals surface area contributed by atoms with Gasteiger partial charge in [0.15, 0.2) is 0 Å². The summed E-state index contributed by atoms with van der Waals surface area (Å²) in [5.74, 6) is 0. The van der Waals surface area contributed by atoms with E-state index in [-0.39, 0.29) is 6.54 Å². The lowest BCUT2D eigenvalue weighted by Crippen LogP contribution is -2.46. The molecule has 22 heavy (non-hydrogen) atoms. The molecule has 0 unspecified atom stereocenters. The van der Waals surface area contributed by atoms with Crippen LogP contribution in [0.4, 0.5) is 4.79 Å². The van der Waals surface area contributed by atoms with Gasteiger partial charge in [0.2, 0.25) is 0 Å². The van der Waals surface area contributed by atoms with Gasteiger partial charge >= 0.3 is 6.09 Å². The molecule has 1 saturated heterocycles. The molecule has 2 rings (SSSR count). The van der Waals surface area contributed by atoms with Crippen LogP contribution in [0, 0.1) is 0 Å². The molecule has 1 aromatic carbocycles. The third kappa shape index (κ3) is 5.31. The maximum Gasteiger partial charge on any atom is 0.407 e. The molecule has 122 valence electrons. The Morgan fingerprint density at radius 3 is 2.68 bits per heavy atom. The third-order valence-electron chi connectivity index (χ3n) is 3.62. The predicted molar refractivity (Wildman–Crippen MR) is 85.5 cm³/mol. The number of ether oxygens (including phenoxy) is 1. The zero-order valence-corrected chi connectivity index (χ0v) is 13.6. The van der Waals surface area contributed by atoms with E-state index in [1.165, 1.54) is 5.56 Å². The Kier molecular flexibility index (Phi) is 5.08. The van der Waals surface area contributed by atoms with Gasteiger partial charge in [0.25, 0.3) is 0 Å². The van der Waals surface area contributed by atoms with Crippen molar-refractivity contribution >= 4 is 6.09 Å². The lowest BCUT2D eigenvalue weighted by molar-refractivity contribution is 0.0285. The zero-order chi connectivity index (χ0) is 16.2. The predicted octanol–water partition coefficient (Wildman–Crippen LogP) is 2.15. The lowest BCUT2D eigenvalue weighted by atomic mass is 10.0. The van der Waals surface area contributed by atoms with E-state index in [1.807, 2.05) is 39.0 Å². The fraction of sp³-hybridized carbons (Fsp3) is 0.588. The van der Waals surface area contributed by atoms with Crippen molar-refractivity contribution in [3.05, 3.63) is 35.9 Å². The van der Waals surface area contributed by atoms with Gasteiger partial charge in [-0.15, -0.1) is 0 Å². The summed E-state index contributed by atoms with van der Waals surface area (Å²) in [6.45, 7) is 7.86. The third-order valence-corrected chi connectivity index (χ3v) is 3.62. The highest BCUT2D eigenvalue weighted by atomic mass is 16.6. The standard InChI is InChI=1S/C17H26N2O3/c1-16(2,3)22-15(20)18-12-17(21)9-10-19(13-17)11-14-7-5-4-6-8-14/h4-8,21H,9-13H2,1-3H3,(H,18,20)/t17-/m0/s1. The molecule has 1 fully saturated rings. The number of rotatable bonds is 4. The number of nitrogens with one attached hydrogen (secondary N) is 1. The molecule has 0 radical (unpaired) electrons. The number of hydrogen-bond donors (Lipinski definition) is 2. The molecule has 0 bridgehead atoms. The molecule has 2 N–H and O–H groups in total. The Balaban J connectivity index is 1.79.